The predicted octanol–water partition coefficient (Wildman–Crippen LogP) is 4.10. The minimum atomic E-state index is -0.701. The second-order valence-corrected chi connectivity index (χ2v) is 9.53. The highest BCUT2D eigenvalue weighted by atomic mass is 32.1. The summed E-state index contributed by atoms with van der Waals surface area (Å²) in [5.74, 6) is -0.226. The molecule has 0 unspecified atom stereocenters. The van der Waals surface area contributed by atoms with Crippen LogP contribution in [0.3, 0.4) is 0 Å². The quantitative estimate of drug-likeness (QED) is 0.863. The van der Waals surface area contributed by atoms with Crippen LogP contribution >= 0.6 is 11.3 Å². The van der Waals surface area contributed by atoms with Gasteiger partial charge in [-0.05, 0) is 41.8 Å². The summed E-state index contributed by atoms with van der Waals surface area (Å²) < 4.78 is 0. The van der Waals surface area contributed by atoms with Crippen molar-refractivity contribution >= 4 is 23.2 Å². The summed E-state index contributed by atoms with van der Waals surface area (Å²) in [6.07, 6.45) is 2.09. The van der Waals surface area contributed by atoms with Crippen molar-refractivity contribution in [2.45, 2.75) is 40.0 Å². The number of thiophene rings is 1. The molecule has 2 amide bonds. The van der Waals surface area contributed by atoms with E-state index >= 15 is 0 Å². The van der Waals surface area contributed by atoms with Gasteiger partial charge in [-0.15, -0.1) is 11.3 Å². The van der Waals surface area contributed by atoms with Crippen molar-refractivity contribution in [3.63, 3.8) is 0 Å². The second kappa shape index (κ2) is 7.47. The van der Waals surface area contributed by atoms with Crippen LogP contribution in [0.4, 0.5) is 0 Å². The van der Waals surface area contributed by atoms with Gasteiger partial charge in [0, 0.05) is 23.4 Å². The number of nitrogens with two attached hydrogens (primary N) is 1. The van der Waals surface area contributed by atoms with Crippen molar-refractivity contribution in [2.75, 3.05) is 13.1 Å². The number of rotatable bonds is 4. The van der Waals surface area contributed by atoms with Crippen LogP contribution in [-0.4, -0.2) is 29.8 Å². The number of carbonyl (C=O) groups excluding carboxylic acids is 2. The fraction of sp³-hybridized carbons (Fsp3) is 0.455. The van der Waals surface area contributed by atoms with Gasteiger partial charge in [-0.25, -0.2) is 0 Å². The highest BCUT2D eigenvalue weighted by Crippen LogP contribution is 2.36. The molecule has 1 saturated heterocycles. The van der Waals surface area contributed by atoms with E-state index in [1.807, 2.05) is 43.9 Å². The molecule has 1 aliphatic heterocycles. The lowest BCUT2D eigenvalue weighted by Crippen LogP contribution is -2.55. The van der Waals surface area contributed by atoms with E-state index in [-0.39, 0.29) is 11.8 Å². The Bertz CT molecular complexity index is 823. The Labute approximate surface area is 165 Å². The predicted molar refractivity (Wildman–Crippen MR) is 110 cm³/mol. The number of likely N-dealkylation sites (tertiary alicyclic amines) is 1. The summed E-state index contributed by atoms with van der Waals surface area (Å²) in [7, 11) is 0. The minimum Gasteiger partial charge on any atom is -0.369 e. The Balaban J connectivity index is 1.86. The molecule has 3 rings (SSSR count). The van der Waals surface area contributed by atoms with Crippen LogP contribution in [0, 0.1) is 10.8 Å². The van der Waals surface area contributed by atoms with Crippen LogP contribution < -0.4 is 5.73 Å². The van der Waals surface area contributed by atoms with Gasteiger partial charge in [0.15, 0.2) is 0 Å². The zero-order valence-corrected chi connectivity index (χ0v) is 17.1. The Morgan fingerprint density at radius 1 is 1.22 bits per heavy atom. The molecule has 1 atom stereocenters. The molecule has 1 fully saturated rings. The van der Waals surface area contributed by atoms with Gasteiger partial charge >= 0.3 is 0 Å². The minimum absolute atomic E-state index is 0.0835. The SMILES string of the molecule is CC(C)(C)C(=O)N1CCC[C@](Cc2cccc(-c3cccs3)c2)(C(N)=O)C1. The molecule has 0 aliphatic carbocycles. The third-order valence-corrected chi connectivity index (χ3v) is 6.22. The van der Waals surface area contributed by atoms with Crippen LogP contribution in [0.1, 0.15) is 39.2 Å². The molecule has 144 valence electrons. The van der Waals surface area contributed by atoms with Crippen LogP contribution in [0.2, 0.25) is 0 Å². The lowest BCUT2D eigenvalue weighted by atomic mass is 9.73. The van der Waals surface area contributed by atoms with Gasteiger partial charge in [0.1, 0.15) is 0 Å². The average molecular weight is 385 g/mol. The molecule has 1 aromatic carbocycles. The van der Waals surface area contributed by atoms with Gasteiger partial charge in [-0.3, -0.25) is 9.59 Å². The summed E-state index contributed by atoms with van der Waals surface area (Å²) in [5, 5.41) is 2.06. The lowest BCUT2D eigenvalue weighted by Gasteiger charge is -2.43. The van der Waals surface area contributed by atoms with Crippen molar-refractivity contribution < 1.29 is 9.59 Å². The molecule has 2 heterocycles. The van der Waals surface area contributed by atoms with E-state index in [0.717, 1.165) is 24.0 Å². The maximum atomic E-state index is 12.8. The molecular formula is C22H28N2O2S. The van der Waals surface area contributed by atoms with Gasteiger partial charge in [0.25, 0.3) is 0 Å². The van der Waals surface area contributed by atoms with Crippen molar-refractivity contribution in [1.29, 1.82) is 0 Å². The maximum absolute atomic E-state index is 12.8. The van der Waals surface area contributed by atoms with Gasteiger partial charge < -0.3 is 10.6 Å². The van der Waals surface area contributed by atoms with Crippen molar-refractivity contribution in [3.8, 4) is 10.4 Å². The van der Waals surface area contributed by atoms with Crippen LogP contribution in [0.15, 0.2) is 41.8 Å². The van der Waals surface area contributed by atoms with E-state index < -0.39 is 10.8 Å². The Morgan fingerprint density at radius 2 is 2.00 bits per heavy atom. The third-order valence-electron chi connectivity index (χ3n) is 5.30. The van der Waals surface area contributed by atoms with E-state index in [1.165, 1.54) is 4.88 Å². The number of hydrogen-bond acceptors (Lipinski definition) is 3. The van der Waals surface area contributed by atoms with Crippen molar-refractivity contribution in [3.05, 3.63) is 47.3 Å². The topological polar surface area (TPSA) is 63.4 Å². The summed E-state index contributed by atoms with van der Waals surface area (Å²) >= 11 is 1.70. The molecule has 27 heavy (non-hydrogen) atoms. The molecule has 2 aromatic rings. The first-order valence-electron chi connectivity index (χ1n) is 9.43. The summed E-state index contributed by atoms with van der Waals surface area (Å²) in [6, 6.07) is 12.4. The number of carbonyl (C=O) groups is 2. The van der Waals surface area contributed by atoms with Crippen LogP contribution in [-0.2, 0) is 16.0 Å². The zero-order chi connectivity index (χ0) is 19.7. The maximum Gasteiger partial charge on any atom is 0.227 e. The van der Waals surface area contributed by atoms with Crippen LogP contribution in [0.25, 0.3) is 10.4 Å². The fourth-order valence-electron chi connectivity index (χ4n) is 3.88. The number of nitrogens with zero attached hydrogens (tertiary/aromatic N) is 1. The monoisotopic (exact) mass is 384 g/mol. The standard InChI is InChI=1S/C22H28N2O2S/c1-21(2,3)20(26)24-11-6-10-22(15-24,19(23)25)14-16-7-4-8-17(13-16)18-9-5-12-27-18/h4-5,7-9,12-13H,6,10-11,14-15H2,1-3H3,(H2,23,25)/t22-/m1/s1. The lowest BCUT2D eigenvalue weighted by molar-refractivity contribution is -0.146. The largest absolute Gasteiger partial charge is 0.369 e. The van der Waals surface area contributed by atoms with Gasteiger partial charge in [-0.1, -0.05) is 51.1 Å². The molecule has 0 radical (unpaired) electrons. The smallest absolute Gasteiger partial charge is 0.227 e. The van der Waals surface area contributed by atoms with Gasteiger partial charge in [0.2, 0.25) is 11.8 Å². The van der Waals surface area contributed by atoms with Crippen molar-refractivity contribution in [1.82, 2.24) is 4.90 Å². The Kier molecular flexibility index (Phi) is 5.43. The first kappa shape index (κ1) is 19.6. The van der Waals surface area contributed by atoms with E-state index in [9.17, 15) is 9.59 Å². The summed E-state index contributed by atoms with van der Waals surface area (Å²) in [6.45, 7) is 6.85. The molecule has 5 heteroatoms. The number of benzene rings is 1. The summed E-state index contributed by atoms with van der Waals surface area (Å²) in [5.41, 5.74) is 6.96. The Morgan fingerprint density at radius 3 is 2.63 bits per heavy atom. The first-order valence-corrected chi connectivity index (χ1v) is 10.3. The molecule has 0 bridgehead atoms. The number of amides is 2. The molecule has 0 saturated carbocycles. The molecular weight excluding hydrogens is 356 g/mol. The average Bonchev–Trinajstić information content (AvgIpc) is 3.15. The number of primary amides is 1. The van der Waals surface area contributed by atoms with E-state index in [2.05, 4.69) is 23.6 Å². The van der Waals surface area contributed by atoms with E-state index in [4.69, 9.17) is 5.73 Å². The van der Waals surface area contributed by atoms with Gasteiger partial charge in [-0.2, -0.15) is 0 Å². The zero-order valence-electron chi connectivity index (χ0n) is 16.3. The Hall–Kier alpha value is -2.14. The van der Waals surface area contributed by atoms with Gasteiger partial charge in [0.05, 0.1) is 5.41 Å². The third kappa shape index (κ3) is 4.24. The molecule has 2 N–H and O–H groups in total. The van der Waals surface area contributed by atoms with E-state index in [0.29, 0.717) is 19.5 Å². The number of hydrogen-bond donors (Lipinski definition) is 1. The fourth-order valence-corrected chi connectivity index (χ4v) is 4.60. The molecule has 1 aliphatic rings. The van der Waals surface area contributed by atoms with E-state index in [1.54, 1.807) is 11.3 Å². The highest BCUT2D eigenvalue weighted by Gasteiger charge is 2.43. The first-order chi connectivity index (χ1) is 12.7. The highest BCUT2D eigenvalue weighted by molar-refractivity contribution is 7.13. The van der Waals surface area contributed by atoms with Crippen molar-refractivity contribution in [2.24, 2.45) is 16.6 Å². The molecule has 1 aromatic heterocycles. The molecule has 4 nitrogen and oxygen atoms in total. The molecule has 0 spiro atoms. The number of piperidine rings is 1. The summed E-state index contributed by atoms with van der Waals surface area (Å²) in [4.78, 5) is 28.3. The van der Waals surface area contributed by atoms with Crippen LogP contribution in [0.5, 0.6) is 0 Å². The second-order valence-electron chi connectivity index (χ2n) is 8.58. The normalized spacial score (nSPS) is 20.5.